The Morgan fingerprint density at radius 1 is 1.15 bits per heavy atom. The molecule has 34 heavy (non-hydrogen) atoms. The lowest BCUT2D eigenvalue weighted by Crippen LogP contribution is -2.51. The third-order valence-corrected chi connectivity index (χ3v) is 9.72. The van der Waals surface area contributed by atoms with Gasteiger partial charge < -0.3 is 9.57 Å². The van der Waals surface area contributed by atoms with Crippen molar-refractivity contribution in [1.82, 2.24) is 0 Å². The molecule has 0 aromatic rings. The molecular weight excluding hydrogens is 436 g/mol. The molecule has 0 aliphatic heterocycles. The molecule has 0 aromatic carbocycles. The van der Waals surface area contributed by atoms with Gasteiger partial charge in [-0.05, 0) is 74.0 Å². The first-order valence-corrected chi connectivity index (χ1v) is 12.7. The normalized spacial score (nSPS) is 41.4. The summed E-state index contributed by atoms with van der Waals surface area (Å²) < 4.78 is 5.55. The van der Waals surface area contributed by atoms with Crippen LogP contribution in [0.25, 0.3) is 0 Å². The standard InChI is InChI=1S/C26H38N2O6/c1-15(27-34-17(3)30)24-18(14-28(31)32)12-23-21-7-6-19-13-20(33-16(2)29)8-10-25(19,4)22(21)9-11-26(23,24)5/h6,18,20-24H,7-14H2,1-5H3/t18-,20+,21+,22-,23-,24-,25+,26+/m1/s1. The molecule has 0 N–H and O–H groups in total. The van der Waals surface area contributed by atoms with Crippen molar-refractivity contribution in [2.24, 2.45) is 45.6 Å². The highest BCUT2D eigenvalue weighted by Gasteiger charge is 2.62. The van der Waals surface area contributed by atoms with Crippen molar-refractivity contribution in [3.8, 4) is 0 Å². The number of carbonyl (C=O) groups is 2. The van der Waals surface area contributed by atoms with Gasteiger partial charge in [0, 0.05) is 37.0 Å². The van der Waals surface area contributed by atoms with Crippen molar-refractivity contribution in [1.29, 1.82) is 0 Å². The van der Waals surface area contributed by atoms with Gasteiger partial charge >= 0.3 is 11.9 Å². The molecule has 4 rings (SSSR count). The fourth-order valence-electron chi connectivity index (χ4n) is 8.52. The van der Waals surface area contributed by atoms with Crippen molar-refractivity contribution in [2.45, 2.75) is 85.7 Å². The van der Waals surface area contributed by atoms with Gasteiger partial charge in [-0.3, -0.25) is 14.9 Å². The molecular formula is C26H38N2O6. The molecule has 0 amide bonds. The second-order valence-electron chi connectivity index (χ2n) is 11.6. The fraction of sp³-hybridized carbons (Fsp3) is 0.808. The largest absolute Gasteiger partial charge is 0.462 e. The van der Waals surface area contributed by atoms with Crippen LogP contribution < -0.4 is 0 Å². The first-order chi connectivity index (χ1) is 16.0. The Morgan fingerprint density at radius 2 is 1.88 bits per heavy atom. The number of allylic oxidation sites excluding steroid dienone is 1. The van der Waals surface area contributed by atoms with E-state index in [1.807, 2.05) is 6.92 Å². The molecule has 0 unspecified atom stereocenters. The number of oxime groups is 1. The first-order valence-electron chi connectivity index (χ1n) is 12.7. The summed E-state index contributed by atoms with van der Waals surface area (Å²) in [6, 6.07) is 0. The van der Waals surface area contributed by atoms with Crippen LogP contribution in [-0.2, 0) is 19.2 Å². The van der Waals surface area contributed by atoms with E-state index in [1.165, 1.54) is 19.4 Å². The third-order valence-electron chi connectivity index (χ3n) is 9.72. The average molecular weight is 475 g/mol. The molecule has 0 spiro atoms. The number of nitrogens with zero attached hydrogens (tertiary/aromatic N) is 2. The molecule has 4 aliphatic rings. The van der Waals surface area contributed by atoms with E-state index in [-0.39, 0.29) is 46.2 Å². The van der Waals surface area contributed by atoms with Crippen LogP contribution in [0.2, 0.25) is 0 Å². The maximum absolute atomic E-state index is 11.6. The molecule has 8 heteroatoms. The zero-order chi connectivity index (χ0) is 24.8. The first kappa shape index (κ1) is 24.9. The Balaban J connectivity index is 1.63. The molecule has 0 aromatic heterocycles. The van der Waals surface area contributed by atoms with E-state index in [1.54, 1.807) is 0 Å². The Labute approximate surface area is 201 Å². The molecule has 0 bridgehead atoms. The van der Waals surface area contributed by atoms with E-state index in [2.05, 4.69) is 25.1 Å². The van der Waals surface area contributed by atoms with E-state index < -0.39 is 5.97 Å². The van der Waals surface area contributed by atoms with E-state index in [4.69, 9.17) is 9.57 Å². The van der Waals surface area contributed by atoms with Gasteiger partial charge in [0.15, 0.2) is 0 Å². The van der Waals surface area contributed by atoms with Crippen molar-refractivity contribution in [3.05, 3.63) is 21.8 Å². The minimum absolute atomic E-state index is 0.0253. The Morgan fingerprint density at radius 3 is 2.53 bits per heavy atom. The number of nitro groups is 1. The smallest absolute Gasteiger partial charge is 0.331 e. The quantitative estimate of drug-likeness (QED) is 0.139. The molecule has 0 radical (unpaired) electrons. The van der Waals surface area contributed by atoms with Crippen LogP contribution in [0.3, 0.4) is 0 Å². The highest BCUT2D eigenvalue weighted by molar-refractivity contribution is 5.86. The van der Waals surface area contributed by atoms with Gasteiger partial charge in [0.05, 0.1) is 5.71 Å². The number of carbonyl (C=O) groups excluding carboxylic acids is 2. The molecule has 0 saturated heterocycles. The van der Waals surface area contributed by atoms with Gasteiger partial charge in [-0.2, -0.15) is 0 Å². The van der Waals surface area contributed by atoms with E-state index in [9.17, 15) is 19.7 Å². The van der Waals surface area contributed by atoms with Gasteiger partial charge in [0.1, 0.15) is 6.10 Å². The number of ether oxygens (including phenoxy) is 1. The maximum Gasteiger partial charge on any atom is 0.331 e. The second-order valence-corrected chi connectivity index (χ2v) is 11.6. The lowest BCUT2D eigenvalue weighted by Gasteiger charge is -2.58. The summed E-state index contributed by atoms with van der Waals surface area (Å²) in [5.74, 6) is 0.501. The SMILES string of the molecule is CC(=O)ON=C(C)[C@@H]1[C@@H](C[N+](=O)[O-])C[C@@H]2[C@H]3CC=C4C[C@@H](OC(C)=O)CC[C@]4(C)[C@@H]3CC[C@@]21C. The number of rotatable bonds is 5. The number of esters is 1. The van der Waals surface area contributed by atoms with Gasteiger partial charge in [-0.1, -0.05) is 30.7 Å². The molecule has 0 heterocycles. The summed E-state index contributed by atoms with van der Waals surface area (Å²) in [6.07, 6.45) is 8.93. The number of fused-ring (bicyclic) bond motifs is 5. The molecule has 188 valence electrons. The third kappa shape index (κ3) is 4.29. The summed E-state index contributed by atoms with van der Waals surface area (Å²) >= 11 is 0. The summed E-state index contributed by atoms with van der Waals surface area (Å²) in [6.45, 7) is 9.24. The summed E-state index contributed by atoms with van der Waals surface area (Å²) in [4.78, 5) is 39.2. The Kier molecular flexibility index (Phi) is 6.64. The highest BCUT2D eigenvalue weighted by Crippen LogP contribution is 2.67. The van der Waals surface area contributed by atoms with Gasteiger partial charge in [0.25, 0.3) is 0 Å². The van der Waals surface area contributed by atoms with Crippen LogP contribution in [0.15, 0.2) is 16.8 Å². The minimum Gasteiger partial charge on any atom is -0.462 e. The molecule has 4 aliphatic carbocycles. The Bertz CT molecular complexity index is 928. The van der Waals surface area contributed by atoms with Crippen molar-refractivity contribution >= 4 is 17.7 Å². The molecule has 8 atom stereocenters. The van der Waals surface area contributed by atoms with Gasteiger partial charge in [-0.25, -0.2) is 4.79 Å². The molecule has 3 saturated carbocycles. The van der Waals surface area contributed by atoms with E-state index in [0.717, 1.165) is 44.9 Å². The Hall–Kier alpha value is -2.25. The van der Waals surface area contributed by atoms with Crippen molar-refractivity contribution in [2.75, 3.05) is 6.54 Å². The lowest BCUT2D eigenvalue weighted by atomic mass is 9.47. The van der Waals surface area contributed by atoms with E-state index >= 15 is 0 Å². The van der Waals surface area contributed by atoms with Crippen LogP contribution in [0, 0.1) is 50.5 Å². The molecule has 3 fully saturated rings. The lowest BCUT2D eigenvalue weighted by molar-refractivity contribution is -0.489. The monoisotopic (exact) mass is 474 g/mol. The van der Waals surface area contributed by atoms with Crippen LogP contribution in [0.4, 0.5) is 0 Å². The van der Waals surface area contributed by atoms with Crippen LogP contribution in [0.1, 0.15) is 79.6 Å². The zero-order valence-electron chi connectivity index (χ0n) is 21.0. The summed E-state index contributed by atoms with van der Waals surface area (Å²) in [5.41, 5.74) is 2.12. The second kappa shape index (κ2) is 9.08. The van der Waals surface area contributed by atoms with Gasteiger partial charge in [0.2, 0.25) is 6.54 Å². The minimum atomic E-state index is -0.476. The summed E-state index contributed by atoms with van der Waals surface area (Å²) in [5, 5.41) is 15.7. The van der Waals surface area contributed by atoms with E-state index in [0.29, 0.717) is 23.5 Å². The predicted octanol–water partition coefficient (Wildman–Crippen LogP) is 4.94. The molecule has 8 nitrogen and oxygen atoms in total. The number of hydrogen-bond acceptors (Lipinski definition) is 7. The number of hydrogen-bond donors (Lipinski definition) is 0. The highest BCUT2D eigenvalue weighted by atomic mass is 16.7. The fourth-order valence-corrected chi connectivity index (χ4v) is 8.52. The van der Waals surface area contributed by atoms with Crippen molar-refractivity contribution < 1.29 is 24.1 Å². The topological polar surface area (TPSA) is 108 Å². The maximum atomic E-state index is 11.6. The zero-order valence-corrected chi connectivity index (χ0v) is 21.0. The summed E-state index contributed by atoms with van der Waals surface area (Å²) in [7, 11) is 0. The predicted molar refractivity (Wildman–Crippen MR) is 126 cm³/mol. The van der Waals surface area contributed by atoms with Crippen LogP contribution in [0.5, 0.6) is 0 Å². The van der Waals surface area contributed by atoms with Crippen LogP contribution in [-0.4, -0.2) is 35.2 Å². The average Bonchev–Trinajstić information content (AvgIpc) is 3.03. The van der Waals surface area contributed by atoms with Crippen molar-refractivity contribution in [3.63, 3.8) is 0 Å². The van der Waals surface area contributed by atoms with Crippen LogP contribution >= 0.6 is 0 Å². The van der Waals surface area contributed by atoms with Gasteiger partial charge in [-0.15, -0.1) is 0 Å².